The van der Waals surface area contributed by atoms with Crippen LogP contribution >= 0.6 is 0 Å². The standard InChI is InChI=1S/C35H40FN3O3/c1-3-38(29-12-8-10-25(2)22-29)21-9-20-37-34(40)27-18-16-26(17-19-27)23-33-35(41)39(24-28-11-4-5-13-30(28)36)31-14-6-7-15-32(31)42-33/h4-5,8,10-13,16-19,22-23,31-32H,3,6-7,9,14-15,20-21,24H2,1-2H3,(H,37,40)/b33-23-. The van der Waals surface area contributed by atoms with Gasteiger partial charge < -0.3 is 19.9 Å². The van der Waals surface area contributed by atoms with Gasteiger partial charge in [0, 0.05) is 43.0 Å². The van der Waals surface area contributed by atoms with Gasteiger partial charge in [0.25, 0.3) is 11.8 Å². The molecule has 1 aliphatic carbocycles. The number of carbonyl (C=O) groups is 2. The molecule has 0 spiro atoms. The quantitative estimate of drug-likeness (QED) is 0.224. The highest BCUT2D eigenvalue weighted by Gasteiger charge is 2.41. The molecule has 1 heterocycles. The highest BCUT2D eigenvalue weighted by molar-refractivity contribution is 5.97. The fourth-order valence-electron chi connectivity index (χ4n) is 5.92. The number of morpholine rings is 1. The second-order valence-electron chi connectivity index (χ2n) is 11.2. The zero-order valence-electron chi connectivity index (χ0n) is 24.5. The van der Waals surface area contributed by atoms with Crippen LogP contribution in [0.15, 0.2) is 78.6 Å². The van der Waals surface area contributed by atoms with Gasteiger partial charge in [0.1, 0.15) is 11.9 Å². The molecular formula is C35H40FN3O3. The number of ether oxygens (including phenoxy) is 1. The molecule has 3 aromatic rings. The molecule has 1 saturated heterocycles. The van der Waals surface area contributed by atoms with E-state index in [4.69, 9.17) is 4.74 Å². The summed E-state index contributed by atoms with van der Waals surface area (Å²) in [6, 6.07) is 22.2. The van der Waals surface area contributed by atoms with E-state index in [1.54, 1.807) is 41.3 Å². The first kappa shape index (κ1) is 29.4. The van der Waals surface area contributed by atoms with Crippen LogP contribution < -0.4 is 10.2 Å². The summed E-state index contributed by atoms with van der Waals surface area (Å²) in [7, 11) is 0. The number of nitrogens with one attached hydrogen (secondary N) is 1. The maximum Gasteiger partial charge on any atom is 0.289 e. The van der Waals surface area contributed by atoms with E-state index >= 15 is 0 Å². The van der Waals surface area contributed by atoms with Crippen LogP contribution in [0.25, 0.3) is 6.08 Å². The Hall–Kier alpha value is -4.13. The summed E-state index contributed by atoms with van der Waals surface area (Å²) < 4.78 is 20.7. The van der Waals surface area contributed by atoms with E-state index in [2.05, 4.69) is 48.3 Å². The smallest absolute Gasteiger partial charge is 0.289 e. The molecule has 7 heteroatoms. The lowest BCUT2D eigenvalue weighted by Crippen LogP contribution is -2.54. The first-order valence-electron chi connectivity index (χ1n) is 15.1. The molecule has 2 fully saturated rings. The SMILES string of the molecule is CCN(CCCNC(=O)c1ccc(/C=C2\OC3CCCCC3N(Cc3ccccc3F)C2=O)cc1)c1cccc(C)c1. The molecule has 0 aromatic heterocycles. The van der Waals surface area contributed by atoms with Gasteiger partial charge in [-0.05, 0) is 87.1 Å². The minimum absolute atomic E-state index is 0.0599. The van der Waals surface area contributed by atoms with E-state index in [9.17, 15) is 14.0 Å². The third kappa shape index (κ3) is 7.01. The van der Waals surface area contributed by atoms with E-state index in [1.165, 1.54) is 17.3 Å². The van der Waals surface area contributed by atoms with Crippen LogP contribution in [0, 0.1) is 12.7 Å². The molecule has 42 heavy (non-hydrogen) atoms. The van der Waals surface area contributed by atoms with Crippen molar-refractivity contribution in [2.45, 2.75) is 64.6 Å². The Kier molecular flexibility index (Phi) is 9.57. The summed E-state index contributed by atoms with van der Waals surface area (Å²) in [6.07, 6.45) is 6.25. The largest absolute Gasteiger partial charge is 0.482 e. The maximum absolute atomic E-state index is 14.5. The van der Waals surface area contributed by atoms with Gasteiger partial charge in [0.15, 0.2) is 5.76 Å². The van der Waals surface area contributed by atoms with Gasteiger partial charge in [-0.1, -0.05) is 48.9 Å². The summed E-state index contributed by atoms with van der Waals surface area (Å²) >= 11 is 0. The van der Waals surface area contributed by atoms with Gasteiger partial charge in [-0.25, -0.2) is 4.39 Å². The predicted molar refractivity (Wildman–Crippen MR) is 165 cm³/mol. The van der Waals surface area contributed by atoms with E-state index < -0.39 is 0 Å². The van der Waals surface area contributed by atoms with E-state index in [0.29, 0.717) is 17.7 Å². The van der Waals surface area contributed by atoms with Crippen molar-refractivity contribution in [3.63, 3.8) is 0 Å². The third-order valence-electron chi connectivity index (χ3n) is 8.23. The summed E-state index contributed by atoms with van der Waals surface area (Å²) in [5, 5.41) is 3.02. The van der Waals surface area contributed by atoms with Crippen LogP contribution in [-0.4, -0.2) is 48.5 Å². The molecule has 2 atom stereocenters. The van der Waals surface area contributed by atoms with Gasteiger partial charge in [-0.2, -0.15) is 0 Å². The number of fused-ring (bicyclic) bond motifs is 1. The Balaban J connectivity index is 1.20. The van der Waals surface area contributed by atoms with E-state index in [1.807, 2.05) is 12.1 Å². The average Bonchev–Trinajstić information content (AvgIpc) is 3.00. The van der Waals surface area contributed by atoms with E-state index in [0.717, 1.165) is 50.8 Å². The zero-order valence-corrected chi connectivity index (χ0v) is 24.5. The van der Waals surface area contributed by atoms with E-state index in [-0.39, 0.29) is 42.1 Å². The van der Waals surface area contributed by atoms with Crippen LogP contribution in [0.2, 0.25) is 0 Å². The van der Waals surface area contributed by atoms with Crippen molar-refractivity contribution in [3.05, 3.63) is 107 Å². The van der Waals surface area contributed by atoms with Crippen molar-refractivity contribution in [1.29, 1.82) is 0 Å². The van der Waals surface area contributed by atoms with Crippen molar-refractivity contribution < 1.29 is 18.7 Å². The molecule has 3 aromatic carbocycles. The second kappa shape index (κ2) is 13.7. The Bertz CT molecular complexity index is 1420. The highest BCUT2D eigenvalue weighted by atomic mass is 19.1. The van der Waals surface area contributed by atoms with Crippen molar-refractivity contribution >= 4 is 23.6 Å². The molecule has 2 amide bonds. The summed E-state index contributed by atoms with van der Waals surface area (Å²) in [5.41, 5.74) is 4.27. The monoisotopic (exact) mass is 569 g/mol. The topological polar surface area (TPSA) is 61.9 Å². The number of rotatable bonds is 10. The lowest BCUT2D eigenvalue weighted by molar-refractivity contribution is -0.149. The number of hydrogen-bond donors (Lipinski definition) is 1. The summed E-state index contributed by atoms with van der Waals surface area (Å²) in [5.74, 6) is -0.396. The number of benzene rings is 3. The molecule has 0 radical (unpaired) electrons. The number of carbonyl (C=O) groups excluding carboxylic acids is 2. The number of aryl methyl sites for hydroxylation is 1. The molecule has 6 nitrogen and oxygen atoms in total. The first-order valence-corrected chi connectivity index (χ1v) is 15.1. The van der Waals surface area contributed by atoms with Crippen LogP contribution in [0.1, 0.15) is 66.1 Å². The minimum atomic E-state index is -0.308. The first-order chi connectivity index (χ1) is 20.4. The Labute approximate surface area is 248 Å². The molecule has 220 valence electrons. The van der Waals surface area contributed by atoms with Crippen LogP contribution in [-0.2, 0) is 16.1 Å². The van der Waals surface area contributed by atoms with Gasteiger partial charge in [0.05, 0.1) is 6.04 Å². The number of anilines is 1. The lowest BCUT2D eigenvalue weighted by Gasteiger charge is -2.44. The third-order valence-corrected chi connectivity index (χ3v) is 8.23. The molecule has 0 bridgehead atoms. The van der Waals surface area contributed by atoms with Gasteiger partial charge in [-0.3, -0.25) is 9.59 Å². The van der Waals surface area contributed by atoms with Gasteiger partial charge >= 0.3 is 0 Å². The number of amides is 2. The number of halogens is 1. The van der Waals surface area contributed by atoms with Gasteiger partial charge in [0.2, 0.25) is 0 Å². The number of hydrogen-bond acceptors (Lipinski definition) is 4. The fourth-order valence-corrected chi connectivity index (χ4v) is 5.92. The fraction of sp³-hybridized carbons (Fsp3) is 0.371. The number of nitrogens with zero attached hydrogens (tertiary/aromatic N) is 2. The minimum Gasteiger partial charge on any atom is -0.482 e. The Morgan fingerprint density at radius 2 is 1.86 bits per heavy atom. The van der Waals surface area contributed by atoms with Crippen molar-refractivity contribution in [3.8, 4) is 0 Å². The summed E-state index contributed by atoms with van der Waals surface area (Å²) in [6.45, 7) is 6.79. The molecule has 5 rings (SSSR count). The van der Waals surface area contributed by atoms with Crippen molar-refractivity contribution in [2.24, 2.45) is 0 Å². The van der Waals surface area contributed by atoms with Gasteiger partial charge in [-0.15, -0.1) is 0 Å². The average molecular weight is 570 g/mol. The Morgan fingerprint density at radius 3 is 2.62 bits per heavy atom. The molecule has 1 saturated carbocycles. The van der Waals surface area contributed by atoms with Crippen LogP contribution in [0.4, 0.5) is 10.1 Å². The van der Waals surface area contributed by atoms with Crippen LogP contribution in [0.3, 0.4) is 0 Å². The van der Waals surface area contributed by atoms with Crippen LogP contribution in [0.5, 0.6) is 0 Å². The Morgan fingerprint density at radius 1 is 1.07 bits per heavy atom. The predicted octanol–water partition coefficient (Wildman–Crippen LogP) is 6.49. The molecule has 1 aliphatic heterocycles. The second-order valence-corrected chi connectivity index (χ2v) is 11.2. The molecule has 1 N–H and O–H groups in total. The molecular weight excluding hydrogens is 529 g/mol. The van der Waals surface area contributed by atoms with Crippen molar-refractivity contribution in [2.75, 3.05) is 24.5 Å². The maximum atomic E-state index is 14.5. The normalized spacial score (nSPS) is 19.3. The molecule has 2 aliphatic rings. The molecule has 2 unspecified atom stereocenters. The zero-order chi connectivity index (χ0) is 29.5. The lowest BCUT2D eigenvalue weighted by atomic mass is 9.89. The van der Waals surface area contributed by atoms with Crippen molar-refractivity contribution in [1.82, 2.24) is 10.2 Å². The highest BCUT2D eigenvalue weighted by Crippen LogP contribution is 2.34. The summed E-state index contributed by atoms with van der Waals surface area (Å²) in [4.78, 5) is 30.4.